The van der Waals surface area contributed by atoms with E-state index in [0.717, 1.165) is 24.8 Å². The van der Waals surface area contributed by atoms with Crippen molar-refractivity contribution in [2.24, 2.45) is 5.92 Å². The molecule has 164 valence electrons. The van der Waals surface area contributed by atoms with E-state index in [-0.39, 0.29) is 30.9 Å². The Morgan fingerprint density at radius 3 is 2.29 bits per heavy atom. The minimum Gasteiger partial charge on any atom is -0.456 e. The number of hydrogen-bond acceptors (Lipinski definition) is 4. The summed E-state index contributed by atoms with van der Waals surface area (Å²) in [4.78, 5) is 37.3. The maximum atomic E-state index is 12.6. The van der Waals surface area contributed by atoms with E-state index in [2.05, 4.69) is 17.6 Å². The molecule has 31 heavy (non-hydrogen) atoms. The first kappa shape index (κ1) is 22.5. The quantitative estimate of drug-likeness (QED) is 0.634. The first-order valence-corrected chi connectivity index (χ1v) is 10.9. The van der Waals surface area contributed by atoms with Gasteiger partial charge in [0.25, 0.3) is 11.8 Å². The molecule has 2 aromatic carbocycles. The third-order valence-electron chi connectivity index (χ3n) is 5.74. The third kappa shape index (κ3) is 6.95. The van der Waals surface area contributed by atoms with E-state index in [4.69, 9.17) is 4.74 Å². The van der Waals surface area contributed by atoms with Gasteiger partial charge in [-0.3, -0.25) is 14.4 Å². The number of esters is 1. The average Bonchev–Trinajstić information content (AvgIpc) is 2.80. The second kappa shape index (κ2) is 11.3. The summed E-state index contributed by atoms with van der Waals surface area (Å²) >= 11 is 0. The topological polar surface area (TPSA) is 84.5 Å². The fourth-order valence-corrected chi connectivity index (χ4v) is 3.92. The van der Waals surface area contributed by atoms with E-state index < -0.39 is 12.0 Å². The molecule has 3 rings (SSSR count). The molecule has 3 atom stereocenters. The van der Waals surface area contributed by atoms with Gasteiger partial charge in [0.1, 0.15) is 0 Å². The maximum absolute atomic E-state index is 12.6. The largest absolute Gasteiger partial charge is 0.456 e. The van der Waals surface area contributed by atoms with Crippen LogP contribution in [0.2, 0.25) is 0 Å². The van der Waals surface area contributed by atoms with E-state index in [1.165, 1.54) is 6.42 Å². The highest BCUT2D eigenvalue weighted by Crippen LogP contribution is 2.23. The van der Waals surface area contributed by atoms with Crippen LogP contribution in [0.3, 0.4) is 0 Å². The number of nitrogens with one attached hydrogen (secondary N) is 2. The molecule has 2 aromatic rings. The third-order valence-corrected chi connectivity index (χ3v) is 5.74. The minimum atomic E-state index is -0.553. The molecule has 1 aliphatic carbocycles. The Balaban J connectivity index is 1.55. The Hall–Kier alpha value is -3.15. The summed E-state index contributed by atoms with van der Waals surface area (Å²) in [6.07, 6.45) is 4.30. The van der Waals surface area contributed by atoms with Crippen molar-refractivity contribution in [1.29, 1.82) is 0 Å². The van der Waals surface area contributed by atoms with Crippen LogP contribution in [-0.4, -0.2) is 30.4 Å². The lowest BCUT2D eigenvalue weighted by atomic mass is 9.86. The average molecular weight is 423 g/mol. The number of rotatable bonds is 8. The normalized spacial score (nSPS) is 19.1. The molecule has 0 unspecified atom stereocenters. The zero-order valence-corrected chi connectivity index (χ0v) is 17.9. The molecule has 1 fully saturated rings. The lowest BCUT2D eigenvalue weighted by Gasteiger charge is -2.29. The van der Waals surface area contributed by atoms with Crippen molar-refractivity contribution in [1.82, 2.24) is 10.6 Å². The molecule has 1 saturated carbocycles. The second-order valence-electron chi connectivity index (χ2n) is 8.10. The van der Waals surface area contributed by atoms with Crippen molar-refractivity contribution in [2.75, 3.05) is 6.61 Å². The Morgan fingerprint density at radius 1 is 0.968 bits per heavy atom. The van der Waals surface area contributed by atoms with Gasteiger partial charge in [0.2, 0.25) is 0 Å². The van der Waals surface area contributed by atoms with Crippen molar-refractivity contribution in [3.63, 3.8) is 0 Å². The van der Waals surface area contributed by atoms with Gasteiger partial charge in [-0.2, -0.15) is 0 Å². The molecule has 0 heterocycles. The van der Waals surface area contributed by atoms with Crippen molar-refractivity contribution in [2.45, 2.75) is 51.1 Å². The number of amides is 2. The fraction of sp³-hybridized carbons (Fsp3) is 0.400. The molecule has 0 spiro atoms. The molecular weight excluding hydrogens is 392 g/mol. The fourth-order valence-electron chi connectivity index (χ4n) is 3.92. The highest BCUT2D eigenvalue weighted by molar-refractivity contribution is 5.94. The monoisotopic (exact) mass is 422 g/mol. The highest BCUT2D eigenvalue weighted by atomic mass is 16.5. The first-order chi connectivity index (χ1) is 15.0. The number of ether oxygens (including phenoxy) is 1. The molecule has 0 radical (unpaired) electrons. The molecular formula is C25H30N2O4. The van der Waals surface area contributed by atoms with E-state index in [1.807, 2.05) is 36.4 Å². The Bertz CT molecular complexity index is 870. The molecule has 6 heteroatoms. The van der Waals surface area contributed by atoms with Crippen LogP contribution in [0.1, 0.15) is 61.0 Å². The van der Waals surface area contributed by atoms with Crippen LogP contribution in [0.4, 0.5) is 0 Å². The summed E-state index contributed by atoms with van der Waals surface area (Å²) in [6.45, 7) is 1.83. The Morgan fingerprint density at radius 2 is 1.61 bits per heavy atom. The van der Waals surface area contributed by atoms with E-state index in [1.54, 1.807) is 24.3 Å². The summed E-state index contributed by atoms with van der Waals surface area (Å²) in [6, 6.07) is 17.7. The van der Waals surface area contributed by atoms with Crippen LogP contribution < -0.4 is 10.6 Å². The number of carbonyl (C=O) groups is 3. The van der Waals surface area contributed by atoms with Gasteiger partial charge >= 0.3 is 5.97 Å². The standard InChI is InChI=1S/C25H30N2O4/c1-18-10-8-9-15-21(18)26-23(28)17-31-24(29)16-22(19-11-4-2-5-12-19)27-25(30)20-13-6-3-7-14-20/h2-7,11-14,18,21-22H,8-10,15-17H2,1H3,(H,26,28)(H,27,30)/t18-,21+,22-/m1/s1. The number of benzene rings is 2. The minimum absolute atomic E-state index is 0.0598. The first-order valence-electron chi connectivity index (χ1n) is 10.9. The van der Waals surface area contributed by atoms with Gasteiger partial charge < -0.3 is 15.4 Å². The molecule has 2 N–H and O–H groups in total. The zero-order chi connectivity index (χ0) is 22.1. The molecule has 0 aromatic heterocycles. The van der Waals surface area contributed by atoms with Gasteiger partial charge in [-0.15, -0.1) is 0 Å². The predicted molar refractivity (Wildman–Crippen MR) is 118 cm³/mol. The summed E-state index contributed by atoms with van der Waals surface area (Å²) < 4.78 is 5.22. The number of hydrogen-bond donors (Lipinski definition) is 2. The van der Waals surface area contributed by atoms with Crippen molar-refractivity contribution < 1.29 is 19.1 Å². The summed E-state index contributed by atoms with van der Waals surface area (Å²) in [5, 5.41) is 5.88. The van der Waals surface area contributed by atoms with Gasteiger partial charge in [-0.05, 0) is 36.5 Å². The van der Waals surface area contributed by atoms with Crippen LogP contribution in [0, 0.1) is 5.92 Å². The van der Waals surface area contributed by atoms with Crippen LogP contribution in [-0.2, 0) is 14.3 Å². The summed E-state index contributed by atoms with van der Waals surface area (Å²) in [5.41, 5.74) is 1.31. The number of carbonyl (C=O) groups excluding carboxylic acids is 3. The van der Waals surface area contributed by atoms with Gasteiger partial charge in [0, 0.05) is 11.6 Å². The summed E-state index contributed by atoms with van der Waals surface area (Å²) in [5.74, 6) is -0.652. The predicted octanol–water partition coefficient (Wildman–Crippen LogP) is 3.79. The molecule has 2 amide bonds. The van der Waals surface area contributed by atoms with E-state index in [9.17, 15) is 14.4 Å². The lowest BCUT2D eigenvalue weighted by molar-refractivity contribution is -0.149. The van der Waals surface area contributed by atoms with Gasteiger partial charge in [0.05, 0.1) is 12.5 Å². The van der Waals surface area contributed by atoms with Gasteiger partial charge in [-0.1, -0.05) is 68.3 Å². The molecule has 0 bridgehead atoms. The van der Waals surface area contributed by atoms with E-state index >= 15 is 0 Å². The SMILES string of the molecule is C[C@@H]1CCCC[C@@H]1NC(=O)COC(=O)C[C@@H](NC(=O)c1ccccc1)c1ccccc1. The lowest BCUT2D eigenvalue weighted by Crippen LogP contribution is -2.43. The maximum Gasteiger partial charge on any atom is 0.308 e. The van der Waals surface area contributed by atoms with Crippen LogP contribution in [0.5, 0.6) is 0 Å². The Kier molecular flexibility index (Phi) is 8.21. The van der Waals surface area contributed by atoms with Crippen molar-refractivity contribution in [3.8, 4) is 0 Å². The highest BCUT2D eigenvalue weighted by Gasteiger charge is 2.24. The zero-order valence-electron chi connectivity index (χ0n) is 17.9. The second-order valence-corrected chi connectivity index (χ2v) is 8.10. The van der Waals surface area contributed by atoms with E-state index in [0.29, 0.717) is 11.5 Å². The van der Waals surface area contributed by atoms with Crippen molar-refractivity contribution >= 4 is 17.8 Å². The van der Waals surface area contributed by atoms with Crippen molar-refractivity contribution in [3.05, 3.63) is 71.8 Å². The van der Waals surface area contributed by atoms with Gasteiger partial charge in [-0.25, -0.2) is 0 Å². The van der Waals surface area contributed by atoms with Crippen LogP contribution >= 0.6 is 0 Å². The smallest absolute Gasteiger partial charge is 0.308 e. The molecule has 0 aliphatic heterocycles. The van der Waals surface area contributed by atoms with Gasteiger partial charge in [0.15, 0.2) is 6.61 Å². The molecule has 6 nitrogen and oxygen atoms in total. The van der Waals surface area contributed by atoms with Crippen LogP contribution in [0.25, 0.3) is 0 Å². The summed E-state index contributed by atoms with van der Waals surface area (Å²) in [7, 11) is 0. The molecule has 0 saturated heterocycles. The van der Waals surface area contributed by atoms with Crippen LogP contribution in [0.15, 0.2) is 60.7 Å². The molecule has 1 aliphatic rings. The Labute approximate surface area is 183 Å².